The van der Waals surface area contributed by atoms with Crippen molar-refractivity contribution in [1.82, 2.24) is 15.1 Å². The van der Waals surface area contributed by atoms with Crippen LogP contribution in [0.3, 0.4) is 0 Å². The van der Waals surface area contributed by atoms with Crippen LogP contribution in [0, 0.1) is 0 Å². The van der Waals surface area contributed by atoms with Gasteiger partial charge in [0.05, 0.1) is 5.56 Å². The third-order valence-corrected chi connectivity index (χ3v) is 2.00. The number of nitrogens with two attached hydrogens (primary N) is 1. The third kappa shape index (κ3) is 3.91. The molecule has 0 aromatic carbocycles. The first-order valence-corrected chi connectivity index (χ1v) is 5.13. The summed E-state index contributed by atoms with van der Waals surface area (Å²) in [6.07, 6.45) is -2.96. The van der Waals surface area contributed by atoms with E-state index in [-0.39, 0.29) is 18.3 Å². The molecule has 0 amide bonds. The molecule has 0 saturated carbocycles. The first-order chi connectivity index (χ1) is 8.94. The lowest BCUT2D eigenvalue weighted by Crippen LogP contribution is -2.16. The number of ether oxygens (including phenoxy) is 1. The van der Waals surface area contributed by atoms with Gasteiger partial charge in [-0.1, -0.05) is 5.16 Å². The number of anilines is 1. The molecule has 0 radical (unpaired) electrons. The number of aromatic nitrogens is 3. The summed E-state index contributed by atoms with van der Waals surface area (Å²) in [6, 6.07) is 3.15. The molecule has 0 unspecified atom stereocenters. The number of hydrogen-bond donors (Lipinski definition) is 1. The molecular formula is C10H9F3N4O2. The fourth-order valence-corrected chi connectivity index (χ4v) is 1.22. The van der Waals surface area contributed by atoms with Crippen LogP contribution in [-0.2, 0) is 11.3 Å². The van der Waals surface area contributed by atoms with Gasteiger partial charge in [0.15, 0.2) is 5.82 Å². The number of hydrogen-bond acceptors (Lipinski definition) is 6. The molecule has 6 nitrogen and oxygen atoms in total. The molecule has 2 aromatic heterocycles. The van der Waals surface area contributed by atoms with Crippen molar-refractivity contribution in [3.63, 3.8) is 0 Å². The minimum atomic E-state index is -4.38. The van der Waals surface area contributed by atoms with E-state index in [4.69, 9.17) is 10.3 Å². The van der Waals surface area contributed by atoms with Crippen molar-refractivity contribution in [3.05, 3.63) is 24.2 Å². The van der Waals surface area contributed by atoms with Gasteiger partial charge in [0.2, 0.25) is 0 Å². The highest BCUT2D eigenvalue weighted by Crippen LogP contribution is 2.18. The first kappa shape index (κ1) is 13.3. The summed E-state index contributed by atoms with van der Waals surface area (Å²) in [7, 11) is 0. The van der Waals surface area contributed by atoms with Crippen LogP contribution < -0.4 is 5.73 Å². The van der Waals surface area contributed by atoms with Gasteiger partial charge < -0.3 is 15.0 Å². The zero-order valence-electron chi connectivity index (χ0n) is 9.52. The molecule has 102 valence electrons. The standard InChI is InChI=1S/C10H9F3N4O2/c11-10(12,13)5-18-4-8-16-9(19-17-8)6-1-2-7(14)15-3-6/h1-3H,4-5H2,(H2,14,15). The lowest BCUT2D eigenvalue weighted by atomic mass is 10.3. The number of halogens is 3. The van der Waals surface area contributed by atoms with Crippen molar-refractivity contribution in [3.8, 4) is 11.5 Å². The smallest absolute Gasteiger partial charge is 0.384 e. The largest absolute Gasteiger partial charge is 0.411 e. The molecular weight excluding hydrogens is 265 g/mol. The van der Waals surface area contributed by atoms with Gasteiger partial charge in [-0.3, -0.25) is 0 Å². The van der Waals surface area contributed by atoms with Gasteiger partial charge in [0.1, 0.15) is 19.0 Å². The van der Waals surface area contributed by atoms with Crippen LogP contribution in [0.5, 0.6) is 0 Å². The minimum absolute atomic E-state index is 0.0241. The summed E-state index contributed by atoms with van der Waals surface area (Å²) in [5, 5.41) is 3.50. The maximum atomic E-state index is 11.9. The van der Waals surface area contributed by atoms with E-state index >= 15 is 0 Å². The molecule has 0 atom stereocenters. The second-order valence-corrected chi connectivity index (χ2v) is 3.60. The first-order valence-electron chi connectivity index (χ1n) is 5.13. The summed E-state index contributed by atoms with van der Waals surface area (Å²) in [5.41, 5.74) is 5.93. The Bertz CT molecular complexity index is 538. The Hall–Kier alpha value is -2.16. The van der Waals surface area contributed by atoms with Gasteiger partial charge in [-0.2, -0.15) is 18.2 Å². The second kappa shape index (κ2) is 5.22. The average Bonchev–Trinajstić information content (AvgIpc) is 2.77. The van der Waals surface area contributed by atoms with Gasteiger partial charge in [-0.25, -0.2) is 4.98 Å². The molecule has 0 spiro atoms. The molecule has 2 aromatic rings. The molecule has 0 aliphatic rings. The molecule has 0 fully saturated rings. The summed E-state index contributed by atoms with van der Waals surface area (Å²) in [6.45, 7) is -1.74. The van der Waals surface area contributed by atoms with Crippen molar-refractivity contribution in [2.24, 2.45) is 0 Å². The van der Waals surface area contributed by atoms with Gasteiger partial charge >= 0.3 is 6.18 Å². The molecule has 2 rings (SSSR count). The zero-order valence-corrected chi connectivity index (χ0v) is 9.52. The predicted octanol–water partition coefficient (Wildman–Crippen LogP) is 1.79. The Morgan fingerprint density at radius 3 is 2.74 bits per heavy atom. The minimum Gasteiger partial charge on any atom is -0.384 e. The van der Waals surface area contributed by atoms with Crippen LogP contribution in [0.4, 0.5) is 19.0 Å². The quantitative estimate of drug-likeness (QED) is 0.914. The summed E-state index contributed by atoms with van der Waals surface area (Å²) in [4.78, 5) is 7.71. The number of nitrogens with zero attached hydrogens (tertiary/aromatic N) is 3. The number of pyridine rings is 1. The Morgan fingerprint density at radius 1 is 1.32 bits per heavy atom. The molecule has 9 heteroatoms. The van der Waals surface area contributed by atoms with E-state index in [1.165, 1.54) is 6.20 Å². The van der Waals surface area contributed by atoms with Crippen LogP contribution in [0.25, 0.3) is 11.5 Å². The third-order valence-electron chi connectivity index (χ3n) is 2.00. The zero-order chi connectivity index (χ0) is 13.9. The fourth-order valence-electron chi connectivity index (χ4n) is 1.22. The van der Waals surface area contributed by atoms with Crippen LogP contribution >= 0.6 is 0 Å². The number of rotatable bonds is 4. The van der Waals surface area contributed by atoms with Gasteiger partial charge in [0.25, 0.3) is 5.89 Å². The van der Waals surface area contributed by atoms with E-state index in [1.807, 2.05) is 0 Å². The van der Waals surface area contributed by atoms with E-state index < -0.39 is 12.8 Å². The monoisotopic (exact) mass is 274 g/mol. The predicted molar refractivity (Wildman–Crippen MR) is 57.7 cm³/mol. The lowest BCUT2D eigenvalue weighted by molar-refractivity contribution is -0.177. The summed E-state index contributed by atoms with van der Waals surface area (Å²) < 4.78 is 44.8. The highest BCUT2D eigenvalue weighted by Gasteiger charge is 2.27. The highest BCUT2D eigenvalue weighted by molar-refractivity contribution is 5.53. The molecule has 0 aliphatic carbocycles. The average molecular weight is 274 g/mol. The SMILES string of the molecule is Nc1ccc(-c2nc(COCC(F)(F)F)no2)cn1. The Balaban J connectivity index is 1.97. The normalized spacial score (nSPS) is 11.7. The maximum absolute atomic E-state index is 11.9. The Kier molecular flexibility index (Phi) is 3.65. The molecule has 2 heterocycles. The van der Waals surface area contributed by atoms with E-state index in [0.29, 0.717) is 11.4 Å². The van der Waals surface area contributed by atoms with E-state index in [0.717, 1.165) is 0 Å². The molecule has 0 aliphatic heterocycles. The molecule has 19 heavy (non-hydrogen) atoms. The van der Waals surface area contributed by atoms with Crippen LogP contribution in [0.1, 0.15) is 5.82 Å². The molecule has 2 N–H and O–H groups in total. The van der Waals surface area contributed by atoms with Crippen LogP contribution in [0.15, 0.2) is 22.9 Å². The number of alkyl halides is 3. The van der Waals surface area contributed by atoms with Crippen molar-refractivity contribution in [1.29, 1.82) is 0 Å². The van der Waals surface area contributed by atoms with E-state index in [2.05, 4.69) is 19.9 Å². The second-order valence-electron chi connectivity index (χ2n) is 3.60. The summed E-state index contributed by atoms with van der Waals surface area (Å²) >= 11 is 0. The Morgan fingerprint density at radius 2 is 2.11 bits per heavy atom. The van der Waals surface area contributed by atoms with Crippen LogP contribution in [0.2, 0.25) is 0 Å². The van der Waals surface area contributed by atoms with Crippen LogP contribution in [-0.4, -0.2) is 27.9 Å². The highest BCUT2D eigenvalue weighted by atomic mass is 19.4. The van der Waals surface area contributed by atoms with Gasteiger partial charge in [0, 0.05) is 6.20 Å². The number of nitrogen functional groups attached to an aromatic ring is 1. The van der Waals surface area contributed by atoms with Crippen molar-refractivity contribution in [2.75, 3.05) is 12.3 Å². The topological polar surface area (TPSA) is 87.1 Å². The molecule has 0 saturated heterocycles. The van der Waals surface area contributed by atoms with Crippen molar-refractivity contribution >= 4 is 5.82 Å². The van der Waals surface area contributed by atoms with E-state index in [9.17, 15) is 13.2 Å². The fraction of sp³-hybridized carbons (Fsp3) is 0.300. The van der Waals surface area contributed by atoms with Gasteiger partial charge in [-0.05, 0) is 12.1 Å². The maximum Gasteiger partial charge on any atom is 0.411 e. The summed E-state index contributed by atoms with van der Waals surface area (Å²) in [5.74, 6) is 0.492. The van der Waals surface area contributed by atoms with Gasteiger partial charge in [-0.15, -0.1) is 0 Å². The molecule has 0 bridgehead atoms. The van der Waals surface area contributed by atoms with E-state index in [1.54, 1.807) is 12.1 Å². The lowest BCUT2D eigenvalue weighted by Gasteiger charge is -2.04. The Labute approximate surface area is 105 Å². The van der Waals surface area contributed by atoms with Crippen molar-refractivity contribution < 1.29 is 22.4 Å². The van der Waals surface area contributed by atoms with Crippen molar-refractivity contribution in [2.45, 2.75) is 12.8 Å².